The highest BCUT2D eigenvalue weighted by molar-refractivity contribution is 5.69. The molecule has 0 saturated heterocycles. The molecule has 1 amide bonds. The fraction of sp³-hybridized carbons (Fsp3) is 0.722. The number of ether oxygens (including phenoxy) is 1. The highest BCUT2D eigenvalue weighted by Gasteiger charge is 2.27. The van der Waals surface area contributed by atoms with Crippen molar-refractivity contribution in [1.29, 1.82) is 0 Å². The summed E-state index contributed by atoms with van der Waals surface area (Å²) in [7, 11) is 0. The van der Waals surface area contributed by atoms with Gasteiger partial charge in [-0.1, -0.05) is 43.6 Å². The van der Waals surface area contributed by atoms with E-state index in [-0.39, 0.29) is 12.1 Å². The fourth-order valence-electron chi connectivity index (χ4n) is 3.01. The van der Waals surface area contributed by atoms with E-state index in [0.717, 1.165) is 6.42 Å². The summed E-state index contributed by atoms with van der Waals surface area (Å²) in [6.07, 6.45) is 16.1. The zero-order chi connectivity index (χ0) is 15.3. The van der Waals surface area contributed by atoms with Crippen LogP contribution in [0.2, 0.25) is 0 Å². The normalized spacial score (nSPS) is 24.5. The van der Waals surface area contributed by atoms with Gasteiger partial charge in [-0.05, 0) is 46.0 Å². The second-order valence-electron chi connectivity index (χ2n) is 7.19. The zero-order valence-corrected chi connectivity index (χ0v) is 13.7. The van der Waals surface area contributed by atoms with Gasteiger partial charge in [-0.15, -0.1) is 0 Å². The zero-order valence-electron chi connectivity index (χ0n) is 13.7. The summed E-state index contributed by atoms with van der Waals surface area (Å²) in [5, 5.41) is 0. The Morgan fingerprint density at radius 1 is 1.14 bits per heavy atom. The number of carbonyl (C=O) groups is 1. The lowest BCUT2D eigenvalue weighted by molar-refractivity contribution is 0.0217. The van der Waals surface area contributed by atoms with Crippen LogP contribution in [0.5, 0.6) is 0 Å². The van der Waals surface area contributed by atoms with Crippen molar-refractivity contribution in [3.05, 3.63) is 24.3 Å². The van der Waals surface area contributed by atoms with Crippen LogP contribution in [0.3, 0.4) is 0 Å². The molecule has 3 nitrogen and oxygen atoms in total. The van der Waals surface area contributed by atoms with E-state index in [1.165, 1.54) is 32.1 Å². The van der Waals surface area contributed by atoms with Gasteiger partial charge in [0.25, 0.3) is 0 Å². The van der Waals surface area contributed by atoms with E-state index >= 15 is 0 Å². The monoisotopic (exact) mass is 291 g/mol. The van der Waals surface area contributed by atoms with Gasteiger partial charge in [0.15, 0.2) is 0 Å². The molecule has 0 bridgehead atoms. The van der Waals surface area contributed by atoms with Crippen LogP contribution in [0.4, 0.5) is 4.79 Å². The Bertz CT molecular complexity index is 400. The van der Waals surface area contributed by atoms with Gasteiger partial charge in [0.1, 0.15) is 5.60 Å². The van der Waals surface area contributed by atoms with Crippen LogP contribution in [0.1, 0.15) is 59.3 Å². The van der Waals surface area contributed by atoms with Crippen LogP contribution in [0.25, 0.3) is 0 Å². The van der Waals surface area contributed by atoms with Crippen LogP contribution in [0, 0.1) is 5.92 Å². The lowest BCUT2D eigenvalue weighted by Crippen LogP contribution is -2.44. The molecule has 21 heavy (non-hydrogen) atoms. The molecule has 0 spiro atoms. The lowest BCUT2D eigenvalue weighted by Gasteiger charge is -2.33. The standard InChI is InChI=1S/C18H29NO2/c1-18(2,3)21-17(20)19-14-8-7-11-16(19)13-12-15-9-5-4-6-10-15/h7-8,12-13,15-16H,4-6,9-11,14H2,1-3H3/b13-12+/t16-/m0/s1. The van der Waals surface area contributed by atoms with E-state index in [1.807, 2.05) is 25.7 Å². The van der Waals surface area contributed by atoms with Crippen molar-refractivity contribution in [2.75, 3.05) is 6.54 Å². The Kier molecular flexibility index (Phi) is 5.49. The van der Waals surface area contributed by atoms with Gasteiger partial charge < -0.3 is 4.74 Å². The number of hydrogen-bond donors (Lipinski definition) is 0. The first-order valence-corrected chi connectivity index (χ1v) is 8.28. The summed E-state index contributed by atoms with van der Waals surface area (Å²) in [5.41, 5.74) is -0.435. The topological polar surface area (TPSA) is 29.5 Å². The number of hydrogen-bond acceptors (Lipinski definition) is 2. The maximum absolute atomic E-state index is 12.3. The third kappa shape index (κ3) is 5.22. The molecule has 1 aliphatic carbocycles. The summed E-state index contributed by atoms with van der Waals surface area (Å²) in [5.74, 6) is 0.699. The fourth-order valence-corrected chi connectivity index (χ4v) is 3.01. The van der Waals surface area contributed by atoms with Crippen molar-refractivity contribution in [2.45, 2.75) is 70.9 Å². The molecule has 1 heterocycles. The Labute approximate surface area is 129 Å². The molecule has 118 valence electrons. The maximum Gasteiger partial charge on any atom is 0.411 e. The Hall–Kier alpha value is -1.25. The highest BCUT2D eigenvalue weighted by atomic mass is 16.6. The van der Waals surface area contributed by atoms with Crippen molar-refractivity contribution in [1.82, 2.24) is 4.90 Å². The van der Waals surface area contributed by atoms with Crippen molar-refractivity contribution in [3.8, 4) is 0 Å². The molecule has 0 aromatic rings. The van der Waals surface area contributed by atoms with Gasteiger partial charge in [-0.3, -0.25) is 4.90 Å². The highest BCUT2D eigenvalue weighted by Crippen LogP contribution is 2.26. The first-order valence-electron chi connectivity index (χ1n) is 8.28. The molecule has 0 N–H and O–H groups in total. The van der Waals surface area contributed by atoms with Crippen LogP contribution in [-0.4, -0.2) is 29.2 Å². The lowest BCUT2D eigenvalue weighted by atomic mass is 9.88. The SMILES string of the molecule is CC(C)(C)OC(=O)N1CC=CC[C@H]1/C=C/C1CCCCC1. The first kappa shape index (κ1) is 16.1. The number of allylic oxidation sites excluding steroid dienone is 1. The summed E-state index contributed by atoms with van der Waals surface area (Å²) >= 11 is 0. The minimum atomic E-state index is -0.435. The number of carbonyl (C=O) groups excluding carboxylic acids is 1. The minimum Gasteiger partial charge on any atom is -0.444 e. The van der Waals surface area contributed by atoms with Crippen LogP contribution >= 0.6 is 0 Å². The Morgan fingerprint density at radius 3 is 2.52 bits per heavy atom. The molecule has 0 unspecified atom stereocenters. The Balaban J connectivity index is 1.96. The van der Waals surface area contributed by atoms with Crippen LogP contribution in [0.15, 0.2) is 24.3 Å². The molecule has 1 atom stereocenters. The molecule has 2 aliphatic rings. The van der Waals surface area contributed by atoms with Crippen LogP contribution < -0.4 is 0 Å². The van der Waals surface area contributed by atoms with E-state index in [1.54, 1.807) is 0 Å². The van der Waals surface area contributed by atoms with Gasteiger partial charge >= 0.3 is 6.09 Å². The smallest absolute Gasteiger partial charge is 0.411 e. The van der Waals surface area contributed by atoms with Gasteiger partial charge in [0.05, 0.1) is 6.04 Å². The maximum atomic E-state index is 12.3. The number of nitrogens with zero attached hydrogens (tertiary/aromatic N) is 1. The van der Waals surface area contributed by atoms with E-state index in [4.69, 9.17) is 4.74 Å². The van der Waals surface area contributed by atoms with Gasteiger partial charge in [0.2, 0.25) is 0 Å². The molecule has 1 fully saturated rings. The summed E-state index contributed by atoms with van der Waals surface area (Å²) in [6.45, 7) is 6.39. The minimum absolute atomic E-state index is 0.145. The second kappa shape index (κ2) is 7.15. The largest absolute Gasteiger partial charge is 0.444 e. The molecule has 1 saturated carbocycles. The van der Waals surface area contributed by atoms with Gasteiger partial charge in [-0.2, -0.15) is 0 Å². The average Bonchev–Trinajstić information content (AvgIpc) is 2.45. The quantitative estimate of drug-likeness (QED) is 0.691. The van der Waals surface area contributed by atoms with E-state index in [2.05, 4.69) is 24.3 Å². The molecule has 0 aromatic heterocycles. The third-order valence-electron chi connectivity index (χ3n) is 4.13. The van der Waals surface area contributed by atoms with Gasteiger partial charge in [0, 0.05) is 6.54 Å². The van der Waals surface area contributed by atoms with E-state index in [9.17, 15) is 4.79 Å². The molecule has 1 aliphatic heterocycles. The Morgan fingerprint density at radius 2 is 1.86 bits per heavy atom. The van der Waals surface area contributed by atoms with Gasteiger partial charge in [-0.25, -0.2) is 4.79 Å². The summed E-state index contributed by atoms with van der Waals surface area (Å²) < 4.78 is 5.52. The van der Waals surface area contributed by atoms with Crippen molar-refractivity contribution in [3.63, 3.8) is 0 Å². The molecule has 2 rings (SSSR count). The first-order chi connectivity index (χ1) is 9.96. The molecule has 3 heteroatoms. The van der Waals surface area contributed by atoms with Crippen molar-refractivity contribution in [2.24, 2.45) is 5.92 Å². The van der Waals surface area contributed by atoms with Crippen LogP contribution in [-0.2, 0) is 4.74 Å². The predicted octanol–water partition coefficient (Wildman–Crippen LogP) is 4.69. The average molecular weight is 291 g/mol. The molecular formula is C18H29NO2. The number of amides is 1. The van der Waals surface area contributed by atoms with Crippen molar-refractivity contribution >= 4 is 6.09 Å². The van der Waals surface area contributed by atoms with E-state index < -0.39 is 5.60 Å². The molecule has 0 radical (unpaired) electrons. The van der Waals surface area contributed by atoms with Crippen molar-refractivity contribution < 1.29 is 9.53 Å². The summed E-state index contributed by atoms with van der Waals surface area (Å²) in [4.78, 5) is 14.1. The third-order valence-corrected chi connectivity index (χ3v) is 4.13. The van der Waals surface area contributed by atoms with E-state index in [0.29, 0.717) is 12.5 Å². The molecule has 0 aromatic carbocycles. The second-order valence-corrected chi connectivity index (χ2v) is 7.19. The predicted molar refractivity (Wildman–Crippen MR) is 86.2 cm³/mol. The summed E-state index contributed by atoms with van der Waals surface area (Å²) in [6, 6.07) is 0.145. The number of rotatable bonds is 2. The molecular weight excluding hydrogens is 262 g/mol.